The molecule has 1 aromatic carbocycles. The Labute approximate surface area is 257 Å². The molecule has 0 amide bonds. The van der Waals surface area contributed by atoms with E-state index in [2.05, 4.69) is 25.1 Å². The number of β-amino-alcohol motifs (C(OH)–C–C–N with tert-alkyl or cyclic N) is 1. The summed E-state index contributed by atoms with van der Waals surface area (Å²) in [5.41, 5.74) is -0.0549. The SMILES string of the molecule is COc1nc(-c2c(C)c(Cl)cc3[nH]ncc23)c(F)c2nc(OCC34CCCN3CC(F)C4)nc(N3CCOCC(C)(O)C3)c12. The molecule has 3 atom stereocenters. The van der Waals surface area contributed by atoms with Crippen molar-refractivity contribution in [2.45, 2.75) is 50.4 Å². The van der Waals surface area contributed by atoms with Crippen LogP contribution in [-0.4, -0.2) is 106 Å². The topological polar surface area (TPSA) is 122 Å². The first kappa shape index (κ1) is 29.3. The highest BCUT2D eigenvalue weighted by Gasteiger charge is 2.49. The van der Waals surface area contributed by atoms with Crippen LogP contribution in [0.4, 0.5) is 14.6 Å². The quantitative estimate of drug-likeness (QED) is 0.321. The van der Waals surface area contributed by atoms with Crippen molar-refractivity contribution < 1.29 is 28.1 Å². The van der Waals surface area contributed by atoms with E-state index in [1.807, 2.05) is 0 Å². The number of halogens is 3. The fourth-order valence-electron chi connectivity index (χ4n) is 7.01. The minimum atomic E-state index is -1.21. The third kappa shape index (κ3) is 4.90. The first-order valence-corrected chi connectivity index (χ1v) is 15.1. The molecule has 3 unspecified atom stereocenters. The highest BCUT2D eigenvalue weighted by Crippen LogP contribution is 2.43. The lowest BCUT2D eigenvalue weighted by Gasteiger charge is -2.31. The van der Waals surface area contributed by atoms with E-state index in [0.29, 0.717) is 53.2 Å². The summed E-state index contributed by atoms with van der Waals surface area (Å²) >= 11 is 6.55. The summed E-state index contributed by atoms with van der Waals surface area (Å²) in [6.07, 6.45) is 2.78. The molecule has 4 aromatic rings. The Hall–Kier alpha value is -3.39. The summed E-state index contributed by atoms with van der Waals surface area (Å²) in [7, 11) is 1.44. The van der Waals surface area contributed by atoms with Crippen molar-refractivity contribution in [1.82, 2.24) is 30.0 Å². The molecule has 6 heterocycles. The zero-order valence-electron chi connectivity index (χ0n) is 24.8. The number of pyridine rings is 1. The van der Waals surface area contributed by atoms with Gasteiger partial charge in [-0.25, -0.2) is 13.8 Å². The van der Waals surface area contributed by atoms with Crippen molar-refractivity contribution in [3.8, 4) is 23.1 Å². The van der Waals surface area contributed by atoms with Gasteiger partial charge in [-0.2, -0.15) is 15.1 Å². The molecular formula is C30H34ClF2N7O4. The molecular weight excluding hydrogens is 596 g/mol. The van der Waals surface area contributed by atoms with Crippen molar-refractivity contribution in [3.63, 3.8) is 0 Å². The van der Waals surface area contributed by atoms with E-state index < -0.39 is 23.1 Å². The van der Waals surface area contributed by atoms with Crippen LogP contribution in [0.3, 0.4) is 0 Å². The summed E-state index contributed by atoms with van der Waals surface area (Å²) < 4.78 is 49.0. The minimum Gasteiger partial charge on any atom is -0.480 e. The predicted octanol–water partition coefficient (Wildman–Crippen LogP) is 4.22. The number of anilines is 1. The maximum atomic E-state index is 16.9. The largest absolute Gasteiger partial charge is 0.480 e. The van der Waals surface area contributed by atoms with Gasteiger partial charge in [0.1, 0.15) is 40.8 Å². The number of aromatic nitrogens is 5. The number of benzene rings is 1. The molecule has 44 heavy (non-hydrogen) atoms. The van der Waals surface area contributed by atoms with Crippen LogP contribution in [0.25, 0.3) is 33.1 Å². The third-order valence-electron chi connectivity index (χ3n) is 9.07. The van der Waals surface area contributed by atoms with Crippen molar-refractivity contribution in [1.29, 1.82) is 0 Å². The van der Waals surface area contributed by atoms with Gasteiger partial charge in [-0.05, 0) is 44.9 Å². The van der Waals surface area contributed by atoms with Crippen LogP contribution in [0.15, 0.2) is 12.3 Å². The molecule has 3 saturated heterocycles. The molecule has 14 heteroatoms. The second-order valence-electron chi connectivity index (χ2n) is 12.4. The molecule has 0 saturated carbocycles. The number of hydrogen-bond acceptors (Lipinski definition) is 10. The average Bonchev–Trinajstić information content (AvgIpc) is 3.65. The number of nitrogens with one attached hydrogen (secondary N) is 1. The van der Waals surface area contributed by atoms with E-state index in [-0.39, 0.29) is 54.1 Å². The van der Waals surface area contributed by atoms with Crippen LogP contribution in [0.2, 0.25) is 5.02 Å². The summed E-state index contributed by atoms with van der Waals surface area (Å²) in [6.45, 7) is 5.74. The zero-order chi connectivity index (χ0) is 30.8. The van der Waals surface area contributed by atoms with Gasteiger partial charge in [0.15, 0.2) is 5.82 Å². The highest BCUT2D eigenvalue weighted by molar-refractivity contribution is 6.33. The Balaban J connectivity index is 1.42. The van der Waals surface area contributed by atoms with E-state index in [4.69, 9.17) is 30.8 Å². The van der Waals surface area contributed by atoms with E-state index >= 15 is 4.39 Å². The number of methoxy groups -OCH3 is 1. The van der Waals surface area contributed by atoms with Gasteiger partial charge in [-0.3, -0.25) is 10.00 Å². The van der Waals surface area contributed by atoms with E-state index in [1.165, 1.54) is 7.11 Å². The second-order valence-corrected chi connectivity index (χ2v) is 12.8. The maximum absolute atomic E-state index is 16.9. The number of alkyl halides is 1. The number of H-pyrrole nitrogens is 1. The Kier molecular flexibility index (Phi) is 7.26. The molecule has 11 nitrogen and oxygen atoms in total. The molecule has 7 rings (SSSR count). The summed E-state index contributed by atoms with van der Waals surface area (Å²) in [6, 6.07) is 1.67. The smallest absolute Gasteiger partial charge is 0.319 e. The molecule has 234 valence electrons. The van der Waals surface area contributed by atoms with Crippen LogP contribution in [0.1, 0.15) is 31.7 Å². The zero-order valence-corrected chi connectivity index (χ0v) is 25.5. The van der Waals surface area contributed by atoms with Crippen LogP contribution in [0.5, 0.6) is 11.9 Å². The van der Waals surface area contributed by atoms with Gasteiger partial charge < -0.3 is 24.2 Å². The molecule has 0 spiro atoms. The number of hydrogen-bond donors (Lipinski definition) is 2. The lowest BCUT2D eigenvalue weighted by atomic mass is 9.95. The van der Waals surface area contributed by atoms with Crippen molar-refractivity contribution in [3.05, 3.63) is 28.7 Å². The van der Waals surface area contributed by atoms with Gasteiger partial charge in [0.25, 0.3) is 0 Å². The van der Waals surface area contributed by atoms with E-state index in [1.54, 1.807) is 31.0 Å². The van der Waals surface area contributed by atoms with Crippen LogP contribution in [-0.2, 0) is 4.74 Å². The highest BCUT2D eigenvalue weighted by atomic mass is 35.5. The van der Waals surface area contributed by atoms with Gasteiger partial charge in [0.2, 0.25) is 5.88 Å². The summed E-state index contributed by atoms with van der Waals surface area (Å²) in [5.74, 6) is -0.335. The minimum absolute atomic E-state index is 0.0147. The number of fused-ring (bicyclic) bond motifs is 3. The molecule has 3 aromatic heterocycles. The Morgan fingerprint density at radius 3 is 2.93 bits per heavy atom. The van der Waals surface area contributed by atoms with E-state index in [9.17, 15) is 9.50 Å². The molecule has 3 aliphatic rings. The molecule has 0 aliphatic carbocycles. The fraction of sp³-hybridized carbons (Fsp3) is 0.533. The van der Waals surface area contributed by atoms with Gasteiger partial charge in [-0.15, -0.1) is 0 Å². The Morgan fingerprint density at radius 1 is 1.27 bits per heavy atom. The van der Waals surface area contributed by atoms with Gasteiger partial charge >= 0.3 is 6.01 Å². The van der Waals surface area contributed by atoms with Crippen molar-refractivity contribution >= 4 is 39.2 Å². The first-order valence-electron chi connectivity index (χ1n) is 14.7. The molecule has 0 bridgehead atoms. The van der Waals surface area contributed by atoms with Crippen LogP contribution >= 0.6 is 11.6 Å². The normalized spacial score (nSPS) is 26.0. The third-order valence-corrected chi connectivity index (χ3v) is 9.46. The monoisotopic (exact) mass is 629 g/mol. The standard InChI is InChI=1S/C30H34ClF2N7O4/c1-16-19(31)9-20-18(11-34-38-20)21(16)24-23(33)25-22(27(35-24)42-3)26(39-7-8-43-14-29(2,41)13-39)37-28(36-25)44-15-30-5-4-6-40(30)12-17(32)10-30/h9,11,17,41H,4-8,10,12-15H2,1-3H3,(H,34,38). The molecule has 3 fully saturated rings. The van der Waals surface area contributed by atoms with Crippen molar-refractivity contribution in [2.75, 3.05) is 58.0 Å². The molecule has 3 aliphatic heterocycles. The molecule has 2 N–H and O–H groups in total. The van der Waals surface area contributed by atoms with Crippen molar-refractivity contribution in [2.24, 2.45) is 0 Å². The van der Waals surface area contributed by atoms with Gasteiger partial charge in [0.05, 0.1) is 44.1 Å². The first-order chi connectivity index (χ1) is 21.1. The summed E-state index contributed by atoms with van der Waals surface area (Å²) in [4.78, 5) is 17.9. The lowest BCUT2D eigenvalue weighted by Crippen LogP contribution is -2.44. The van der Waals surface area contributed by atoms with Gasteiger partial charge in [0, 0.05) is 35.5 Å². The lowest BCUT2D eigenvalue weighted by molar-refractivity contribution is -0.0123. The van der Waals surface area contributed by atoms with Crippen LogP contribution in [0, 0.1) is 12.7 Å². The van der Waals surface area contributed by atoms with Crippen LogP contribution < -0.4 is 14.4 Å². The predicted molar refractivity (Wildman–Crippen MR) is 161 cm³/mol. The number of aromatic amines is 1. The Bertz CT molecular complexity index is 1750. The fourth-order valence-corrected chi connectivity index (χ4v) is 7.21. The number of ether oxygens (including phenoxy) is 3. The Morgan fingerprint density at radius 2 is 2.11 bits per heavy atom. The number of rotatable bonds is 6. The average molecular weight is 630 g/mol. The van der Waals surface area contributed by atoms with Gasteiger partial charge in [-0.1, -0.05) is 11.6 Å². The van der Waals surface area contributed by atoms with E-state index in [0.717, 1.165) is 19.4 Å². The maximum Gasteiger partial charge on any atom is 0.319 e. The second kappa shape index (κ2) is 10.9. The number of aliphatic hydroxyl groups is 1. The summed E-state index contributed by atoms with van der Waals surface area (Å²) in [5, 5.41) is 19.3. The molecule has 0 radical (unpaired) electrons. The number of nitrogens with zero attached hydrogens (tertiary/aromatic N) is 6.